The highest BCUT2D eigenvalue weighted by Gasteiger charge is 2.19. The van der Waals surface area contributed by atoms with Gasteiger partial charge in [-0.1, -0.05) is 12.1 Å². The van der Waals surface area contributed by atoms with Crippen molar-refractivity contribution in [1.29, 1.82) is 0 Å². The van der Waals surface area contributed by atoms with Crippen molar-refractivity contribution in [3.05, 3.63) is 29.8 Å². The van der Waals surface area contributed by atoms with Crippen LogP contribution in [0.3, 0.4) is 0 Å². The molecule has 0 aliphatic carbocycles. The summed E-state index contributed by atoms with van der Waals surface area (Å²) in [7, 11) is 0. The van der Waals surface area contributed by atoms with E-state index in [1.807, 2.05) is 24.3 Å². The lowest BCUT2D eigenvalue weighted by molar-refractivity contribution is -0.109. The summed E-state index contributed by atoms with van der Waals surface area (Å²) in [6, 6.07) is 6.83. The van der Waals surface area contributed by atoms with Crippen molar-refractivity contribution >= 4 is 25.0 Å². The van der Waals surface area contributed by atoms with Crippen LogP contribution >= 0.6 is 12.6 Å². The zero-order valence-electron chi connectivity index (χ0n) is 11.3. The summed E-state index contributed by atoms with van der Waals surface area (Å²) in [5.74, 6) is 0. The smallest absolute Gasteiger partial charge is 0.408 e. The number of rotatable bonds is 4. The minimum absolute atomic E-state index is 0.427. The molecule has 1 aromatic rings. The van der Waals surface area contributed by atoms with Gasteiger partial charge in [0.15, 0.2) is 0 Å². The summed E-state index contributed by atoms with van der Waals surface area (Å²) in [4.78, 5) is 23.4. The first-order valence-corrected chi connectivity index (χ1v) is 6.47. The highest BCUT2D eigenvalue weighted by Crippen LogP contribution is 2.10. The number of carbonyl (C=O) groups is 2. The van der Waals surface area contributed by atoms with Gasteiger partial charge in [-0.2, -0.15) is 0 Å². The number of hydrogen-bond acceptors (Lipinski definition) is 4. The molecule has 104 valence electrons. The number of ether oxygens (including phenoxy) is 1. The quantitative estimate of drug-likeness (QED) is 0.659. The number of amides is 1. The number of carbonyl (C=O) groups excluding carboxylic acids is 2. The minimum atomic E-state index is -0.597. The van der Waals surface area contributed by atoms with Crippen LogP contribution < -0.4 is 5.32 Å². The van der Waals surface area contributed by atoms with Gasteiger partial charge in [-0.3, -0.25) is 0 Å². The number of aldehydes is 1. The summed E-state index contributed by atoms with van der Waals surface area (Å²) >= 11 is 4.19. The largest absolute Gasteiger partial charge is 0.444 e. The maximum absolute atomic E-state index is 11.6. The Morgan fingerprint density at radius 2 is 1.95 bits per heavy atom. The second-order valence-corrected chi connectivity index (χ2v) is 5.78. The lowest BCUT2D eigenvalue weighted by Crippen LogP contribution is -2.41. The van der Waals surface area contributed by atoms with Gasteiger partial charge in [-0.05, 0) is 44.9 Å². The Morgan fingerprint density at radius 1 is 1.37 bits per heavy atom. The molecular weight excluding hydrogens is 262 g/mol. The molecule has 0 aliphatic rings. The van der Waals surface area contributed by atoms with Gasteiger partial charge in [0.25, 0.3) is 0 Å². The molecule has 1 N–H and O–H groups in total. The number of thiol groups is 1. The molecule has 19 heavy (non-hydrogen) atoms. The Labute approximate surface area is 118 Å². The molecule has 0 spiro atoms. The van der Waals surface area contributed by atoms with Gasteiger partial charge in [0, 0.05) is 4.90 Å². The maximum atomic E-state index is 11.6. The summed E-state index contributed by atoms with van der Waals surface area (Å²) in [5.41, 5.74) is 0.372. The van der Waals surface area contributed by atoms with Crippen molar-refractivity contribution < 1.29 is 14.3 Å². The molecule has 0 saturated carbocycles. The van der Waals surface area contributed by atoms with Crippen LogP contribution in [0.1, 0.15) is 26.3 Å². The second-order valence-electron chi connectivity index (χ2n) is 5.26. The van der Waals surface area contributed by atoms with Crippen LogP contribution in [0.2, 0.25) is 0 Å². The summed E-state index contributed by atoms with van der Waals surface area (Å²) in [6.07, 6.45) is 0.547. The molecule has 1 aromatic carbocycles. The van der Waals surface area contributed by atoms with Crippen LogP contribution in [-0.2, 0) is 16.0 Å². The monoisotopic (exact) mass is 281 g/mol. The first-order valence-electron chi connectivity index (χ1n) is 6.03. The lowest BCUT2D eigenvalue weighted by atomic mass is 10.1. The molecule has 4 nitrogen and oxygen atoms in total. The van der Waals surface area contributed by atoms with Gasteiger partial charge in [-0.15, -0.1) is 12.6 Å². The third-order valence-electron chi connectivity index (χ3n) is 2.26. The molecule has 0 aliphatic heterocycles. The average Bonchev–Trinajstić information content (AvgIpc) is 2.28. The Balaban J connectivity index is 2.57. The number of alkyl carbamates (subject to hydrolysis) is 1. The van der Waals surface area contributed by atoms with Gasteiger partial charge in [0.1, 0.15) is 11.9 Å². The molecule has 1 atom stereocenters. The van der Waals surface area contributed by atoms with Gasteiger partial charge in [0.2, 0.25) is 0 Å². The molecule has 0 heterocycles. The fourth-order valence-electron chi connectivity index (χ4n) is 1.48. The van der Waals surface area contributed by atoms with Gasteiger partial charge < -0.3 is 14.8 Å². The first kappa shape index (κ1) is 15.6. The highest BCUT2D eigenvalue weighted by molar-refractivity contribution is 7.80. The van der Waals surface area contributed by atoms with Crippen molar-refractivity contribution in [2.24, 2.45) is 0 Å². The Morgan fingerprint density at radius 3 is 2.42 bits per heavy atom. The molecule has 0 fully saturated rings. The van der Waals surface area contributed by atoms with Crippen molar-refractivity contribution in [2.75, 3.05) is 0 Å². The lowest BCUT2D eigenvalue weighted by Gasteiger charge is -2.21. The molecule has 5 heteroatoms. The fourth-order valence-corrected chi connectivity index (χ4v) is 1.63. The molecule has 1 rings (SSSR count). The first-order chi connectivity index (χ1) is 8.80. The fraction of sp³-hybridized carbons (Fsp3) is 0.429. The zero-order chi connectivity index (χ0) is 14.5. The maximum Gasteiger partial charge on any atom is 0.408 e. The zero-order valence-corrected chi connectivity index (χ0v) is 12.2. The third kappa shape index (κ3) is 6.29. The Bertz CT molecular complexity index is 437. The Hall–Kier alpha value is -1.49. The van der Waals surface area contributed by atoms with Crippen LogP contribution in [0, 0.1) is 0 Å². The third-order valence-corrected chi connectivity index (χ3v) is 2.56. The van der Waals surface area contributed by atoms with E-state index < -0.39 is 17.7 Å². The standard InChI is InChI=1S/C14H19NO3S/c1-14(2,3)18-13(17)15-11(9-16)8-10-4-6-12(19)7-5-10/h4-7,9,11,19H,8H2,1-3H3,(H,15,17). The van der Waals surface area contributed by atoms with Crippen LogP contribution in [0.25, 0.3) is 0 Å². The van der Waals surface area contributed by atoms with Crippen molar-refractivity contribution in [3.8, 4) is 0 Å². The number of nitrogens with one attached hydrogen (secondary N) is 1. The van der Waals surface area contributed by atoms with E-state index in [-0.39, 0.29) is 0 Å². The summed E-state index contributed by atoms with van der Waals surface area (Å²) in [6.45, 7) is 5.32. The van der Waals surface area contributed by atoms with E-state index in [9.17, 15) is 9.59 Å². The van der Waals surface area contributed by atoms with Crippen molar-refractivity contribution in [1.82, 2.24) is 5.32 Å². The van der Waals surface area contributed by atoms with Gasteiger partial charge in [0.05, 0.1) is 6.04 Å². The minimum Gasteiger partial charge on any atom is -0.444 e. The molecule has 0 radical (unpaired) electrons. The number of hydrogen-bond donors (Lipinski definition) is 2. The van der Waals surface area contributed by atoms with Crippen LogP contribution in [0.5, 0.6) is 0 Å². The average molecular weight is 281 g/mol. The van der Waals surface area contributed by atoms with E-state index in [0.717, 1.165) is 10.5 Å². The van der Waals surface area contributed by atoms with Crippen LogP contribution in [-0.4, -0.2) is 24.0 Å². The molecular formula is C14H19NO3S. The molecule has 1 amide bonds. The van der Waals surface area contributed by atoms with Gasteiger partial charge >= 0.3 is 6.09 Å². The topological polar surface area (TPSA) is 55.4 Å². The van der Waals surface area contributed by atoms with E-state index >= 15 is 0 Å². The molecule has 0 bridgehead atoms. The Kier molecular flexibility index (Phi) is 5.42. The van der Waals surface area contributed by atoms with Gasteiger partial charge in [-0.25, -0.2) is 4.79 Å². The molecule has 1 unspecified atom stereocenters. The van der Waals surface area contributed by atoms with E-state index in [1.54, 1.807) is 20.8 Å². The van der Waals surface area contributed by atoms with Crippen LogP contribution in [0.15, 0.2) is 29.2 Å². The van der Waals surface area contributed by atoms with E-state index in [2.05, 4.69) is 17.9 Å². The predicted molar refractivity (Wildman–Crippen MR) is 76.6 cm³/mol. The molecule has 0 saturated heterocycles. The van der Waals surface area contributed by atoms with Crippen molar-refractivity contribution in [2.45, 2.75) is 43.7 Å². The second kappa shape index (κ2) is 6.61. The van der Waals surface area contributed by atoms with E-state index in [1.165, 1.54) is 0 Å². The normalized spacial score (nSPS) is 12.6. The summed E-state index contributed by atoms with van der Waals surface area (Å²) < 4.78 is 5.11. The van der Waals surface area contributed by atoms with Crippen molar-refractivity contribution in [3.63, 3.8) is 0 Å². The molecule has 0 aromatic heterocycles. The van der Waals surface area contributed by atoms with Crippen LogP contribution in [0.4, 0.5) is 4.79 Å². The SMILES string of the molecule is CC(C)(C)OC(=O)NC(C=O)Cc1ccc(S)cc1. The van der Waals surface area contributed by atoms with E-state index in [0.29, 0.717) is 12.7 Å². The van der Waals surface area contributed by atoms with E-state index in [4.69, 9.17) is 4.74 Å². The highest BCUT2D eigenvalue weighted by atomic mass is 32.1. The number of benzene rings is 1. The summed E-state index contributed by atoms with van der Waals surface area (Å²) in [5, 5.41) is 2.54. The predicted octanol–water partition coefficient (Wildman–Crippen LogP) is 2.61.